The number of halogens is 1. The Hall–Kier alpha value is -1.53. The highest BCUT2D eigenvalue weighted by Gasteiger charge is 2.54. The van der Waals surface area contributed by atoms with Crippen molar-refractivity contribution in [3.8, 4) is 0 Å². The number of unbranched alkanes of at least 4 members (excludes halogenated alkanes) is 1. The van der Waals surface area contributed by atoms with Crippen molar-refractivity contribution in [2.75, 3.05) is 13.7 Å². The summed E-state index contributed by atoms with van der Waals surface area (Å²) >= 11 is 7.92. The molecular formula is C20H24ClNO7S2. The fourth-order valence-corrected chi connectivity index (χ4v) is 5.26. The van der Waals surface area contributed by atoms with Gasteiger partial charge in [-0.1, -0.05) is 43.1 Å². The number of esters is 1. The summed E-state index contributed by atoms with van der Waals surface area (Å²) in [6, 6.07) is 8.52. The fraction of sp³-hybridized carbons (Fsp3) is 0.450. The lowest BCUT2D eigenvalue weighted by Crippen LogP contribution is -2.60. The third-order valence-corrected chi connectivity index (χ3v) is 6.81. The van der Waals surface area contributed by atoms with E-state index in [-0.39, 0.29) is 24.6 Å². The molecule has 2 aromatic rings. The molecule has 0 spiro atoms. The lowest BCUT2D eigenvalue weighted by molar-refractivity contribution is -0.233. The number of ether oxygens (including phenoxy) is 2. The van der Waals surface area contributed by atoms with Gasteiger partial charge in [0, 0.05) is 35.0 Å². The quantitative estimate of drug-likeness (QED) is 0.323. The minimum atomic E-state index is -4.83. The minimum absolute atomic E-state index is 0.117. The van der Waals surface area contributed by atoms with Crippen LogP contribution >= 0.6 is 22.9 Å². The van der Waals surface area contributed by atoms with Crippen LogP contribution in [0.1, 0.15) is 35.8 Å². The second kappa shape index (κ2) is 9.95. The van der Waals surface area contributed by atoms with Gasteiger partial charge in [-0.05, 0) is 29.5 Å². The molecule has 1 unspecified atom stereocenters. The lowest BCUT2D eigenvalue weighted by atomic mass is 9.96. The topological polar surface area (TPSA) is 102 Å². The molecule has 0 radical (unpaired) electrons. The normalized spacial score (nSPS) is 18.9. The van der Waals surface area contributed by atoms with Crippen molar-refractivity contribution in [2.24, 2.45) is 0 Å². The molecule has 31 heavy (non-hydrogen) atoms. The zero-order valence-corrected chi connectivity index (χ0v) is 19.5. The van der Waals surface area contributed by atoms with Crippen LogP contribution in [0.15, 0.2) is 35.7 Å². The van der Waals surface area contributed by atoms with Crippen molar-refractivity contribution in [3.63, 3.8) is 0 Å². The van der Waals surface area contributed by atoms with E-state index < -0.39 is 28.3 Å². The standard InChI is InChI=1S/C20H24ClNO7S2/c1-3-4-10-28-20(19(23)27-2,15-7-5-6-8-16(15)21)22-13-14-9-11-30-17(14)12-18(22)29-31(24,25)26/h5-9,11,18H,3-4,10,12-13H2,1-2H3,(H,24,25,26)/t18?,20-/m0/s1. The maximum atomic E-state index is 13.3. The highest BCUT2D eigenvalue weighted by atomic mass is 35.5. The lowest BCUT2D eigenvalue weighted by Gasteiger charge is -2.46. The van der Waals surface area contributed by atoms with Crippen LogP contribution in [-0.2, 0) is 47.5 Å². The third-order valence-electron chi connectivity index (χ3n) is 5.03. The van der Waals surface area contributed by atoms with Crippen molar-refractivity contribution in [1.29, 1.82) is 0 Å². The monoisotopic (exact) mass is 489 g/mol. The summed E-state index contributed by atoms with van der Waals surface area (Å²) in [5, 5.41) is 2.11. The van der Waals surface area contributed by atoms with E-state index in [0.29, 0.717) is 12.0 Å². The molecule has 0 fully saturated rings. The smallest absolute Gasteiger partial charge is 0.398 e. The van der Waals surface area contributed by atoms with Crippen molar-refractivity contribution < 1.29 is 31.4 Å². The van der Waals surface area contributed by atoms with Crippen LogP contribution < -0.4 is 0 Å². The summed E-state index contributed by atoms with van der Waals surface area (Å²) in [6.07, 6.45) is 0.343. The molecule has 11 heteroatoms. The van der Waals surface area contributed by atoms with E-state index in [1.165, 1.54) is 23.3 Å². The minimum Gasteiger partial charge on any atom is -0.466 e. The Morgan fingerprint density at radius 2 is 2.10 bits per heavy atom. The number of thiophene rings is 1. The van der Waals surface area contributed by atoms with E-state index in [4.69, 9.17) is 25.3 Å². The van der Waals surface area contributed by atoms with Crippen LogP contribution in [0, 0.1) is 0 Å². The number of nitrogens with zero attached hydrogens (tertiary/aromatic N) is 1. The number of carbonyl (C=O) groups is 1. The first-order chi connectivity index (χ1) is 14.7. The largest absolute Gasteiger partial charge is 0.466 e. The molecule has 0 bridgehead atoms. The van der Waals surface area contributed by atoms with Gasteiger partial charge in [0.15, 0.2) is 0 Å². The van der Waals surface area contributed by atoms with E-state index in [1.807, 2.05) is 18.4 Å². The predicted molar refractivity (Wildman–Crippen MR) is 116 cm³/mol. The molecule has 3 rings (SSSR count). The Labute approximate surface area is 190 Å². The third kappa shape index (κ3) is 5.11. The van der Waals surface area contributed by atoms with Crippen molar-refractivity contribution in [3.05, 3.63) is 56.7 Å². The van der Waals surface area contributed by atoms with Gasteiger partial charge >= 0.3 is 16.4 Å². The summed E-state index contributed by atoms with van der Waals surface area (Å²) in [7, 11) is -3.61. The van der Waals surface area contributed by atoms with Gasteiger partial charge in [-0.15, -0.1) is 11.3 Å². The van der Waals surface area contributed by atoms with E-state index in [9.17, 15) is 17.8 Å². The Morgan fingerprint density at radius 3 is 2.74 bits per heavy atom. The molecule has 1 aromatic carbocycles. The zero-order chi connectivity index (χ0) is 22.6. The van der Waals surface area contributed by atoms with Gasteiger partial charge in [0.05, 0.1) is 7.11 Å². The van der Waals surface area contributed by atoms with Gasteiger partial charge in [0.25, 0.3) is 5.72 Å². The number of hydrogen-bond donors (Lipinski definition) is 1. The first kappa shape index (κ1) is 24.1. The van der Waals surface area contributed by atoms with E-state index in [2.05, 4.69) is 0 Å². The SMILES string of the molecule is CCCCO[C@](C(=O)OC)(c1ccccc1Cl)N1Cc2ccsc2CC1OS(=O)(=O)O. The Balaban J connectivity index is 2.21. The maximum Gasteiger partial charge on any atom is 0.398 e. The average Bonchev–Trinajstić information content (AvgIpc) is 3.17. The molecule has 1 aromatic heterocycles. The van der Waals surface area contributed by atoms with Crippen LogP contribution in [0.2, 0.25) is 5.02 Å². The molecule has 1 aliphatic heterocycles. The molecular weight excluding hydrogens is 466 g/mol. The Bertz CT molecular complexity index is 1030. The molecule has 8 nitrogen and oxygen atoms in total. The molecule has 170 valence electrons. The van der Waals surface area contributed by atoms with E-state index in [0.717, 1.165) is 16.9 Å². The summed E-state index contributed by atoms with van der Waals surface area (Å²) in [5.41, 5.74) is -0.709. The van der Waals surface area contributed by atoms with Crippen LogP contribution in [0.5, 0.6) is 0 Å². The van der Waals surface area contributed by atoms with Crippen molar-refractivity contribution >= 4 is 39.3 Å². The Morgan fingerprint density at radius 1 is 1.35 bits per heavy atom. The first-order valence-electron chi connectivity index (χ1n) is 9.68. The summed E-state index contributed by atoms with van der Waals surface area (Å²) in [5.74, 6) is -0.778. The first-order valence-corrected chi connectivity index (χ1v) is 12.3. The molecule has 1 aliphatic rings. The van der Waals surface area contributed by atoms with Gasteiger partial charge in [0.2, 0.25) is 0 Å². The van der Waals surface area contributed by atoms with Gasteiger partial charge in [-0.25, -0.2) is 13.9 Å². The van der Waals surface area contributed by atoms with Crippen LogP contribution in [-0.4, -0.2) is 43.8 Å². The second-order valence-electron chi connectivity index (χ2n) is 7.00. The van der Waals surface area contributed by atoms with Crippen molar-refractivity contribution in [1.82, 2.24) is 4.90 Å². The number of fused-ring (bicyclic) bond motifs is 1. The number of rotatable bonds is 9. The van der Waals surface area contributed by atoms with Crippen LogP contribution in [0.3, 0.4) is 0 Å². The van der Waals surface area contributed by atoms with Crippen LogP contribution in [0.25, 0.3) is 0 Å². The zero-order valence-electron chi connectivity index (χ0n) is 17.1. The molecule has 0 aliphatic carbocycles. The van der Waals surface area contributed by atoms with Gasteiger partial charge < -0.3 is 9.47 Å². The second-order valence-corrected chi connectivity index (χ2v) is 9.45. The maximum absolute atomic E-state index is 13.3. The van der Waals surface area contributed by atoms with Crippen molar-refractivity contribution in [2.45, 2.75) is 44.7 Å². The molecule has 0 amide bonds. The fourth-order valence-electron chi connectivity index (χ4n) is 3.62. The number of carbonyl (C=O) groups excluding carboxylic acids is 1. The molecule has 0 saturated carbocycles. The molecule has 0 saturated heterocycles. The van der Waals surface area contributed by atoms with Gasteiger partial charge in [-0.3, -0.25) is 4.55 Å². The highest BCUT2D eigenvalue weighted by Crippen LogP contribution is 2.42. The van der Waals surface area contributed by atoms with Gasteiger partial charge in [0.1, 0.15) is 6.23 Å². The summed E-state index contributed by atoms with van der Waals surface area (Å²) in [4.78, 5) is 15.7. The number of methoxy groups -OCH3 is 1. The molecule has 2 heterocycles. The van der Waals surface area contributed by atoms with Gasteiger partial charge in [-0.2, -0.15) is 8.42 Å². The molecule has 1 N–H and O–H groups in total. The van der Waals surface area contributed by atoms with E-state index in [1.54, 1.807) is 24.3 Å². The number of hydrogen-bond acceptors (Lipinski definition) is 8. The number of benzene rings is 1. The molecule has 2 atom stereocenters. The summed E-state index contributed by atoms with van der Waals surface area (Å²) < 4.78 is 49.1. The predicted octanol–water partition coefficient (Wildman–Crippen LogP) is 3.75. The summed E-state index contributed by atoms with van der Waals surface area (Å²) in [6.45, 7) is 2.27. The Kier molecular flexibility index (Phi) is 7.74. The van der Waals surface area contributed by atoms with E-state index >= 15 is 0 Å². The highest BCUT2D eigenvalue weighted by molar-refractivity contribution is 7.80. The van der Waals surface area contributed by atoms with Crippen LogP contribution in [0.4, 0.5) is 0 Å². The average molecular weight is 490 g/mol.